The van der Waals surface area contributed by atoms with Crippen LogP contribution < -0.4 is 5.32 Å². The fourth-order valence-electron chi connectivity index (χ4n) is 5.53. The Kier molecular flexibility index (Phi) is 4.93. The van der Waals surface area contributed by atoms with E-state index in [9.17, 15) is 19.1 Å². The molecule has 3 aliphatic rings. The van der Waals surface area contributed by atoms with Gasteiger partial charge in [-0.2, -0.15) is 0 Å². The lowest BCUT2D eigenvalue weighted by Gasteiger charge is -2.31. The third-order valence-corrected chi connectivity index (χ3v) is 6.97. The van der Waals surface area contributed by atoms with Crippen molar-refractivity contribution in [3.8, 4) is 0 Å². The number of amides is 1. The highest BCUT2D eigenvalue weighted by molar-refractivity contribution is 5.79. The number of carbonyl (C=O) groups is 2. The van der Waals surface area contributed by atoms with Crippen molar-refractivity contribution in [3.63, 3.8) is 0 Å². The molecule has 0 aromatic heterocycles. The number of benzene rings is 1. The van der Waals surface area contributed by atoms with Crippen molar-refractivity contribution in [2.75, 3.05) is 13.1 Å². The highest BCUT2D eigenvalue weighted by Crippen LogP contribution is 2.42. The minimum atomic E-state index is -0.742. The predicted molar refractivity (Wildman–Crippen MR) is 98.8 cm³/mol. The molecule has 2 saturated heterocycles. The normalized spacial score (nSPS) is 29.1. The van der Waals surface area contributed by atoms with Crippen molar-refractivity contribution >= 4 is 11.9 Å². The van der Waals surface area contributed by atoms with Crippen LogP contribution in [0.2, 0.25) is 0 Å². The topological polar surface area (TPSA) is 69.6 Å². The molecule has 2 heterocycles. The zero-order chi connectivity index (χ0) is 19.0. The SMILES string of the molecule is O=C(CN1C2CCC1C(C(=O)O)C2)NCC1(c2ccc(F)cc2)CCCC1. The van der Waals surface area contributed by atoms with Crippen LogP contribution in [0.4, 0.5) is 4.39 Å². The first kappa shape index (κ1) is 18.4. The van der Waals surface area contributed by atoms with Crippen LogP contribution >= 0.6 is 0 Å². The molecule has 1 aliphatic carbocycles. The van der Waals surface area contributed by atoms with E-state index in [-0.39, 0.29) is 41.7 Å². The lowest BCUT2D eigenvalue weighted by molar-refractivity contribution is -0.143. The number of carbonyl (C=O) groups excluding carboxylic acids is 1. The third kappa shape index (κ3) is 3.47. The van der Waals surface area contributed by atoms with E-state index in [4.69, 9.17) is 0 Å². The second-order valence-corrected chi connectivity index (χ2v) is 8.42. The van der Waals surface area contributed by atoms with Crippen LogP contribution in [0.5, 0.6) is 0 Å². The largest absolute Gasteiger partial charge is 0.481 e. The average Bonchev–Trinajstić information content (AvgIpc) is 3.36. The molecular formula is C21H27FN2O3. The molecule has 1 amide bonds. The highest BCUT2D eigenvalue weighted by Gasteiger charge is 2.49. The van der Waals surface area contributed by atoms with Gasteiger partial charge in [-0.3, -0.25) is 14.5 Å². The Labute approximate surface area is 158 Å². The number of hydrogen-bond acceptors (Lipinski definition) is 3. The number of hydrogen-bond donors (Lipinski definition) is 2. The summed E-state index contributed by atoms with van der Waals surface area (Å²) in [5.74, 6) is -1.36. The minimum absolute atomic E-state index is 0.00390. The molecule has 0 spiro atoms. The summed E-state index contributed by atoms with van der Waals surface area (Å²) in [7, 11) is 0. The molecule has 2 bridgehead atoms. The van der Waals surface area contributed by atoms with Crippen LogP contribution in [0, 0.1) is 11.7 Å². The Morgan fingerprint density at radius 3 is 2.52 bits per heavy atom. The van der Waals surface area contributed by atoms with Gasteiger partial charge in [-0.25, -0.2) is 4.39 Å². The molecule has 4 rings (SSSR count). The molecule has 6 heteroatoms. The molecule has 2 N–H and O–H groups in total. The van der Waals surface area contributed by atoms with Gasteiger partial charge in [0.25, 0.3) is 0 Å². The third-order valence-electron chi connectivity index (χ3n) is 6.97. The highest BCUT2D eigenvalue weighted by atomic mass is 19.1. The molecule has 0 radical (unpaired) electrons. The van der Waals surface area contributed by atoms with E-state index in [2.05, 4.69) is 10.2 Å². The minimum Gasteiger partial charge on any atom is -0.481 e. The van der Waals surface area contributed by atoms with E-state index in [0.29, 0.717) is 13.0 Å². The first-order chi connectivity index (χ1) is 13.0. The smallest absolute Gasteiger partial charge is 0.308 e. The summed E-state index contributed by atoms with van der Waals surface area (Å²) >= 11 is 0. The van der Waals surface area contributed by atoms with Gasteiger partial charge < -0.3 is 10.4 Å². The van der Waals surface area contributed by atoms with Crippen molar-refractivity contribution in [2.45, 2.75) is 62.4 Å². The number of aliphatic carboxylic acids is 1. The number of halogens is 1. The number of nitrogens with one attached hydrogen (secondary N) is 1. The van der Waals surface area contributed by atoms with E-state index >= 15 is 0 Å². The number of nitrogens with zero attached hydrogens (tertiary/aromatic N) is 1. The standard InChI is InChI=1S/C21H27FN2O3/c22-15-5-3-14(4-6-15)21(9-1-2-10-21)13-23-19(25)12-24-16-7-8-18(24)17(11-16)20(26)27/h3-6,16-18H,1-2,7-13H2,(H,23,25)(H,26,27). The monoisotopic (exact) mass is 374 g/mol. The van der Waals surface area contributed by atoms with Gasteiger partial charge in [-0.15, -0.1) is 0 Å². The van der Waals surface area contributed by atoms with Crippen LogP contribution in [0.25, 0.3) is 0 Å². The molecule has 3 atom stereocenters. The fraction of sp³-hybridized carbons (Fsp3) is 0.619. The van der Waals surface area contributed by atoms with Crippen LogP contribution in [0.3, 0.4) is 0 Å². The van der Waals surface area contributed by atoms with E-state index in [1.807, 2.05) is 12.1 Å². The first-order valence-electron chi connectivity index (χ1n) is 10.00. The van der Waals surface area contributed by atoms with Crippen molar-refractivity contribution < 1.29 is 19.1 Å². The molecule has 1 aromatic rings. The average molecular weight is 374 g/mol. The molecule has 5 nitrogen and oxygen atoms in total. The Morgan fingerprint density at radius 1 is 1.19 bits per heavy atom. The zero-order valence-corrected chi connectivity index (χ0v) is 15.5. The lowest BCUT2D eigenvalue weighted by Crippen LogP contribution is -2.45. The maximum Gasteiger partial charge on any atom is 0.308 e. The van der Waals surface area contributed by atoms with Crippen LogP contribution in [-0.4, -0.2) is 47.1 Å². The zero-order valence-electron chi connectivity index (χ0n) is 15.5. The molecular weight excluding hydrogens is 347 g/mol. The summed E-state index contributed by atoms with van der Waals surface area (Å²) in [6.45, 7) is 0.835. The maximum atomic E-state index is 13.3. The van der Waals surface area contributed by atoms with E-state index in [0.717, 1.165) is 44.1 Å². The van der Waals surface area contributed by atoms with Crippen LogP contribution in [-0.2, 0) is 15.0 Å². The number of fused-ring (bicyclic) bond motifs is 2. The Morgan fingerprint density at radius 2 is 1.89 bits per heavy atom. The summed E-state index contributed by atoms with van der Waals surface area (Å²) in [6, 6.07) is 6.88. The van der Waals surface area contributed by atoms with Gasteiger partial charge >= 0.3 is 5.97 Å². The van der Waals surface area contributed by atoms with Gasteiger partial charge in [0.2, 0.25) is 5.91 Å². The summed E-state index contributed by atoms with van der Waals surface area (Å²) < 4.78 is 13.3. The van der Waals surface area contributed by atoms with Gasteiger partial charge in [0.05, 0.1) is 12.5 Å². The quantitative estimate of drug-likeness (QED) is 0.803. The van der Waals surface area contributed by atoms with Crippen LogP contribution in [0.1, 0.15) is 50.5 Å². The first-order valence-corrected chi connectivity index (χ1v) is 10.00. The molecule has 1 aromatic carbocycles. The number of rotatable bonds is 6. The second kappa shape index (κ2) is 7.23. The molecule has 2 aliphatic heterocycles. The summed E-state index contributed by atoms with van der Waals surface area (Å²) in [5, 5.41) is 12.5. The van der Waals surface area contributed by atoms with E-state index in [1.165, 1.54) is 12.1 Å². The fourth-order valence-corrected chi connectivity index (χ4v) is 5.53. The van der Waals surface area contributed by atoms with Crippen molar-refractivity contribution in [3.05, 3.63) is 35.6 Å². The van der Waals surface area contributed by atoms with Crippen LogP contribution in [0.15, 0.2) is 24.3 Å². The molecule has 3 fully saturated rings. The molecule has 146 valence electrons. The van der Waals surface area contributed by atoms with Gasteiger partial charge in [-0.1, -0.05) is 25.0 Å². The van der Waals surface area contributed by atoms with Crippen molar-refractivity contribution in [2.24, 2.45) is 5.92 Å². The predicted octanol–water partition coefficient (Wildman–Crippen LogP) is 2.69. The Balaban J connectivity index is 1.38. The van der Waals surface area contributed by atoms with Gasteiger partial charge in [0.1, 0.15) is 5.82 Å². The molecule has 1 saturated carbocycles. The van der Waals surface area contributed by atoms with Gasteiger partial charge in [0, 0.05) is 24.0 Å². The van der Waals surface area contributed by atoms with Gasteiger partial charge in [0.15, 0.2) is 0 Å². The lowest BCUT2D eigenvalue weighted by atomic mass is 9.79. The van der Waals surface area contributed by atoms with Crippen molar-refractivity contribution in [1.29, 1.82) is 0 Å². The second-order valence-electron chi connectivity index (χ2n) is 8.42. The Hall–Kier alpha value is -1.95. The summed E-state index contributed by atoms with van der Waals surface area (Å²) in [5.41, 5.74) is 0.977. The maximum absolute atomic E-state index is 13.3. The number of carboxylic acid groups (broad SMARTS) is 1. The molecule has 27 heavy (non-hydrogen) atoms. The molecule has 3 unspecified atom stereocenters. The van der Waals surface area contributed by atoms with Gasteiger partial charge in [-0.05, 0) is 49.8 Å². The van der Waals surface area contributed by atoms with E-state index < -0.39 is 5.97 Å². The summed E-state index contributed by atoms with van der Waals surface area (Å²) in [6.07, 6.45) is 6.74. The number of carboxylic acids is 1. The van der Waals surface area contributed by atoms with Crippen molar-refractivity contribution in [1.82, 2.24) is 10.2 Å². The Bertz CT molecular complexity index is 715. The summed E-state index contributed by atoms with van der Waals surface area (Å²) in [4.78, 5) is 26.1. The van der Waals surface area contributed by atoms with E-state index in [1.54, 1.807) is 0 Å².